The maximum Gasteiger partial charge on any atom is 0.307 e. The van der Waals surface area contributed by atoms with Gasteiger partial charge in [0.2, 0.25) is 0 Å². The van der Waals surface area contributed by atoms with E-state index in [0.29, 0.717) is 25.5 Å². The molecule has 4 nitrogen and oxygen atoms in total. The lowest BCUT2D eigenvalue weighted by Crippen LogP contribution is -2.11. The van der Waals surface area contributed by atoms with Crippen LogP contribution in [0.4, 0.5) is 5.69 Å². The Bertz CT molecular complexity index is 391. The van der Waals surface area contributed by atoms with Crippen LogP contribution in [0.2, 0.25) is 0 Å². The molecule has 0 amide bonds. The molecule has 1 N–H and O–H groups in total. The van der Waals surface area contributed by atoms with Crippen molar-refractivity contribution in [2.45, 2.75) is 26.7 Å². The van der Waals surface area contributed by atoms with Gasteiger partial charge in [0, 0.05) is 6.54 Å². The Morgan fingerprint density at radius 3 is 2.74 bits per heavy atom. The van der Waals surface area contributed by atoms with Crippen LogP contribution in [-0.2, 0) is 9.53 Å². The second-order valence-corrected chi connectivity index (χ2v) is 4.78. The summed E-state index contributed by atoms with van der Waals surface area (Å²) in [4.78, 5) is 11.0. The Labute approximate surface area is 115 Å². The second-order valence-electron chi connectivity index (χ2n) is 4.78. The molecule has 0 saturated heterocycles. The van der Waals surface area contributed by atoms with E-state index in [1.54, 1.807) is 0 Å². The van der Waals surface area contributed by atoms with Crippen LogP contribution in [0.25, 0.3) is 0 Å². The van der Waals surface area contributed by atoms with E-state index in [2.05, 4.69) is 23.9 Å². The first-order valence-corrected chi connectivity index (χ1v) is 6.66. The highest BCUT2D eigenvalue weighted by molar-refractivity contribution is 5.70. The molecule has 106 valence electrons. The van der Waals surface area contributed by atoms with Gasteiger partial charge in [-0.05, 0) is 24.5 Å². The number of para-hydroxylation sites is 2. The Morgan fingerprint density at radius 2 is 2.05 bits per heavy atom. The van der Waals surface area contributed by atoms with E-state index in [1.165, 1.54) is 7.11 Å². The van der Waals surface area contributed by atoms with Gasteiger partial charge in [0.1, 0.15) is 5.75 Å². The minimum Gasteiger partial charge on any atom is -0.491 e. The van der Waals surface area contributed by atoms with Crippen molar-refractivity contribution in [1.29, 1.82) is 0 Å². The van der Waals surface area contributed by atoms with Crippen molar-refractivity contribution < 1.29 is 14.3 Å². The lowest BCUT2D eigenvalue weighted by molar-refractivity contribution is -0.140. The van der Waals surface area contributed by atoms with E-state index < -0.39 is 0 Å². The number of anilines is 1. The summed E-state index contributed by atoms with van der Waals surface area (Å²) >= 11 is 0. The maximum absolute atomic E-state index is 11.0. The topological polar surface area (TPSA) is 47.6 Å². The first-order chi connectivity index (χ1) is 9.13. The SMILES string of the molecule is COC(=O)CCNc1ccccc1OCCC(C)C. The van der Waals surface area contributed by atoms with Crippen LogP contribution < -0.4 is 10.1 Å². The molecule has 0 spiro atoms. The molecule has 1 aromatic rings. The first-order valence-electron chi connectivity index (χ1n) is 6.66. The molecule has 19 heavy (non-hydrogen) atoms. The molecule has 0 heterocycles. The molecule has 0 atom stereocenters. The average Bonchev–Trinajstić information content (AvgIpc) is 2.40. The smallest absolute Gasteiger partial charge is 0.307 e. The number of benzene rings is 1. The number of carbonyl (C=O) groups is 1. The second kappa shape index (κ2) is 8.40. The highest BCUT2D eigenvalue weighted by Gasteiger charge is 2.04. The summed E-state index contributed by atoms with van der Waals surface area (Å²) in [7, 11) is 1.39. The summed E-state index contributed by atoms with van der Waals surface area (Å²) in [6.07, 6.45) is 1.37. The van der Waals surface area contributed by atoms with Gasteiger partial charge in [0.05, 0.1) is 25.8 Å². The van der Waals surface area contributed by atoms with E-state index in [0.717, 1.165) is 17.9 Å². The predicted molar refractivity (Wildman–Crippen MR) is 76.5 cm³/mol. The predicted octanol–water partition coefficient (Wildman–Crippen LogP) is 3.09. The van der Waals surface area contributed by atoms with Crippen LogP contribution in [0.15, 0.2) is 24.3 Å². The summed E-state index contributed by atoms with van der Waals surface area (Å²) in [5.41, 5.74) is 0.912. The van der Waals surface area contributed by atoms with Gasteiger partial charge in [0.25, 0.3) is 0 Å². The van der Waals surface area contributed by atoms with Crippen molar-refractivity contribution in [2.75, 3.05) is 25.6 Å². The Kier molecular flexibility index (Phi) is 6.79. The number of rotatable bonds is 8. The molecule has 0 radical (unpaired) electrons. The van der Waals surface area contributed by atoms with E-state index >= 15 is 0 Å². The molecule has 0 fully saturated rings. The molecular formula is C15H23NO3. The van der Waals surface area contributed by atoms with Gasteiger partial charge in [-0.25, -0.2) is 0 Å². The maximum atomic E-state index is 11.0. The largest absolute Gasteiger partial charge is 0.491 e. The third kappa shape index (κ3) is 6.13. The van der Waals surface area contributed by atoms with Crippen LogP contribution in [0.3, 0.4) is 0 Å². The molecule has 4 heteroatoms. The molecule has 0 unspecified atom stereocenters. The monoisotopic (exact) mass is 265 g/mol. The zero-order valence-corrected chi connectivity index (χ0v) is 11.9. The zero-order chi connectivity index (χ0) is 14.1. The summed E-state index contributed by atoms with van der Waals surface area (Å²) in [6, 6.07) is 7.76. The molecule has 0 aliphatic rings. The lowest BCUT2D eigenvalue weighted by Gasteiger charge is -2.13. The number of nitrogens with one attached hydrogen (secondary N) is 1. The standard InChI is InChI=1S/C15H23NO3/c1-12(2)9-11-19-14-7-5-4-6-13(14)16-10-8-15(17)18-3/h4-7,12,16H,8-11H2,1-3H3. The first kappa shape index (κ1) is 15.3. The fourth-order valence-corrected chi connectivity index (χ4v) is 1.54. The highest BCUT2D eigenvalue weighted by atomic mass is 16.5. The van der Waals surface area contributed by atoms with Gasteiger partial charge < -0.3 is 14.8 Å². The fourth-order valence-electron chi connectivity index (χ4n) is 1.54. The number of esters is 1. The van der Waals surface area contributed by atoms with Gasteiger partial charge >= 0.3 is 5.97 Å². The Hall–Kier alpha value is -1.71. The van der Waals surface area contributed by atoms with Crippen LogP contribution in [0.5, 0.6) is 5.75 Å². The van der Waals surface area contributed by atoms with Gasteiger partial charge in [-0.15, -0.1) is 0 Å². The molecular weight excluding hydrogens is 242 g/mol. The Balaban J connectivity index is 2.46. The van der Waals surface area contributed by atoms with Gasteiger partial charge in [-0.3, -0.25) is 4.79 Å². The van der Waals surface area contributed by atoms with Crippen molar-refractivity contribution in [2.24, 2.45) is 5.92 Å². The number of methoxy groups -OCH3 is 1. The summed E-state index contributed by atoms with van der Waals surface area (Å²) < 4.78 is 10.4. The van der Waals surface area contributed by atoms with Gasteiger partial charge in [-0.2, -0.15) is 0 Å². The van der Waals surface area contributed by atoms with Crippen LogP contribution in [0, 0.1) is 5.92 Å². The fraction of sp³-hybridized carbons (Fsp3) is 0.533. The molecule has 0 aliphatic heterocycles. The molecule has 1 rings (SSSR count). The van der Waals surface area contributed by atoms with Crippen molar-refractivity contribution in [3.05, 3.63) is 24.3 Å². The van der Waals surface area contributed by atoms with Crippen molar-refractivity contribution >= 4 is 11.7 Å². The van der Waals surface area contributed by atoms with Crippen molar-refractivity contribution in [3.63, 3.8) is 0 Å². The Morgan fingerprint density at radius 1 is 1.32 bits per heavy atom. The van der Waals surface area contributed by atoms with E-state index in [4.69, 9.17) is 4.74 Å². The van der Waals surface area contributed by atoms with Gasteiger partial charge in [-0.1, -0.05) is 26.0 Å². The molecule has 1 aromatic carbocycles. The van der Waals surface area contributed by atoms with Crippen molar-refractivity contribution in [1.82, 2.24) is 0 Å². The van der Waals surface area contributed by atoms with E-state index in [-0.39, 0.29) is 5.97 Å². The number of carbonyl (C=O) groups excluding carboxylic acids is 1. The summed E-state index contributed by atoms with van der Waals surface area (Å²) in [5.74, 6) is 1.23. The number of hydrogen-bond donors (Lipinski definition) is 1. The minimum absolute atomic E-state index is 0.217. The van der Waals surface area contributed by atoms with E-state index in [1.807, 2.05) is 24.3 Å². The zero-order valence-electron chi connectivity index (χ0n) is 11.9. The highest BCUT2D eigenvalue weighted by Crippen LogP contribution is 2.24. The lowest BCUT2D eigenvalue weighted by atomic mass is 10.1. The number of hydrogen-bond acceptors (Lipinski definition) is 4. The third-order valence-corrected chi connectivity index (χ3v) is 2.71. The normalized spacial score (nSPS) is 10.3. The van der Waals surface area contributed by atoms with Gasteiger partial charge in [0.15, 0.2) is 0 Å². The third-order valence-electron chi connectivity index (χ3n) is 2.71. The average molecular weight is 265 g/mol. The number of ether oxygens (including phenoxy) is 2. The summed E-state index contributed by atoms with van der Waals surface area (Å²) in [5, 5.41) is 3.19. The molecule has 0 saturated carbocycles. The van der Waals surface area contributed by atoms with Crippen molar-refractivity contribution in [3.8, 4) is 5.75 Å². The van der Waals surface area contributed by atoms with Crippen LogP contribution in [0.1, 0.15) is 26.7 Å². The molecule has 0 aliphatic carbocycles. The van der Waals surface area contributed by atoms with Crippen LogP contribution in [-0.4, -0.2) is 26.2 Å². The summed E-state index contributed by atoms with van der Waals surface area (Å²) in [6.45, 7) is 5.58. The molecule has 0 bridgehead atoms. The minimum atomic E-state index is -0.217. The van der Waals surface area contributed by atoms with E-state index in [9.17, 15) is 4.79 Å². The quantitative estimate of drug-likeness (QED) is 0.734. The molecule has 0 aromatic heterocycles. The van der Waals surface area contributed by atoms with Crippen LogP contribution >= 0.6 is 0 Å².